The van der Waals surface area contributed by atoms with E-state index in [0.717, 1.165) is 19.5 Å². The Balaban J connectivity index is 2.36. The van der Waals surface area contributed by atoms with Gasteiger partial charge in [0, 0.05) is 33.1 Å². The van der Waals surface area contributed by atoms with Crippen molar-refractivity contribution < 1.29 is 9.90 Å². The average Bonchev–Trinajstić information content (AvgIpc) is 2.55. The first-order valence-corrected chi connectivity index (χ1v) is 5.61. The van der Waals surface area contributed by atoms with Crippen LogP contribution in [0.5, 0.6) is 0 Å². The van der Waals surface area contributed by atoms with Crippen LogP contribution in [0.1, 0.15) is 19.8 Å². The van der Waals surface area contributed by atoms with Gasteiger partial charge in [-0.3, -0.25) is 9.69 Å². The zero-order valence-electron chi connectivity index (χ0n) is 9.94. The lowest BCUT2D eigenvalue weighted by molar-refractivity contribution is -0.129. The molecule has 1 aliphatic rings. The largest absolute Gasteiger partial charge is 0.395 e. The molecule has 1 N–H and O–H groups in total. The fourth-order valence-electron chi connectivity index (χ4n) is 2.12. The highest BCUT2D eigenvalue weighted by atomic mass is 16.3. The molecule has 1 amide bonds. The van der Waals surface area contributed by atoms with Gasteiger partial charge in [0.15, 0.2) is 0 Å². The predicted octanol–water partition coefficient (Wildman–Crippen LogP) is 0.167. The first-order valence-electron chi connectivity index (χ1n) is 5.61. The Morgan fingerprint density at radius 3 is 2.73 bits per heavy atom. The van der Waals surface area contributed by atoms with Crippen LogP contribution < -0.4 is 0 Å². The first-order chi connectivity index (χ1) is 7.06. The second-order valence-electron chi connectivity index (χ2n) is 4.59. The van der Waals surface area contributed by atoms with Crippen LogP contribution in [0.15, 0.2) is 0 Å². The van der Waals surface area contributed by atoms with E-state index in [9.17, 15) is 9.90 Å². The van der Waals surface area contributed by atoms with Gasteiger partial charge in [0.05, 0.1) is 6.61 Å². The molecule has 1 rings (SSSR count). The second-order valence-corrected chi connectivity index (χ2v) is 4.59. The first kappa shape index (κ1) is 12.5. The summed E-state index contributed by atoms with van der Waals surface area (Å²) in [4.78, 5) is 15.3. The summed E-state index contributed by atoms with van der Waals surface area (Å²) in [6, 6.07) is 0.250. The van der Waals surface area contributed by atoms with Crippen molar-refractivity contribution in [3.63, 3.8) is 0 Å². The highest BCUT2D eigenvalue weighted by Gasteiger charge is 2.30. The van der Waals surface area contributed by atoms with E-state index < -0.39 is 0 Å². The van der Waals surface area contributed by atoms with Crippen molar-refractivity contribution in [2.75, 3.05) is 33.8 Å². The fraction of sp³-hybridized carbons (Fsp3) is 0.909. The molecule has 1 fully saturated rings. The van der Waals surface area contributed by atoms with Gasteiger partial charge in [-0.05, 0) is 18.9 Å². The van der Waals surface area contributed by atoms with E-state index in [1.807, 2.05) is 0 Å². The molecule has 1 heterocycles. The Hall–Kier alpha value is -0.610. The van der Waals surface area contributed by atoms with Crippen molar-refractivity contribution in [3.8, 4) is 0 Å². The molecule has 0 aromatic rings. The number of hydrogen-bond donors (Lipinski definition) is 1. The molecule has 2 atom stereocenters. The quantitative estimate of drug-likeness (QED) is 0.725. The molecule has 1 saturated heterocycles. The van der Waals surface area contributed by atoms with Crippen LogP contribution in [0.2, 0.25) is 0 Å². The SMILES string of the molecule is CC1CCN(CCC(=O)N(C)C)C1CO. The standard InChI is InChI=1S/C11H22N2O2/c1-9-4-6-13(10(9)8-14)7-5-11(15)12(2)3/h9-10,14H,4-8H2,1-3H3. The Morgan fingerprint density at radius 1 is 1.53 bits per heavy atom. The summed E-state index contributed by atoms with van der Waals surface area (Å²) in [6.45, 7) is 4.14. The monoisotopic (exact) mass is 214 g/mol. The second kappa shape index (κ2) is 5.47. The smallest absolute Gasteiger partial charge is 0.223 e. The summed E-state index contributed by atoms with van der Waals surface area (Å²) in [5, 5.41) is 9.24. The van der Waals surface area contributed by atoms with Crippen LogP contribution in [0.3, 0.4) is 0 Å². The maximum Gasteiger partial charge on any atom is 0.223 e. The lowest BCUT2D eigenvalue weighted by atomic mass is 10.0. The van der Waals surface area contributed by atoms with Gasteiger partial charge in [0.2, 0.25) is 5.91 Å². The third-order valence-electron chi connectivity index (χ3n) is 3.30. The van der Waals surface area contributed by atoms with Gasteiger partial charge in [-0.1, -0.05) is 6.92 Å². The Kier molecular flexibility index (Phi) is 4.54. The highest BCUT2D eigenvalue weighted by molar-refractivity contribution is 5.75. The average molecular weight is 214 g/mol. The van der Waals surface area contributed by atoms with E-state index >= 15 is 0 Å². The number of carbonyl (C=O) groups is 1. The molecule has 4 heteroatoms. The fourth-order valence-corrected chi connectivity index (χ4v) is 2.12. The third kappa shape index (κ3) is 3.18. The van der Waals surface area contributed by atoms with Crippen molar-refractivity contribution in [1.82, 2.24) is 9.80 Å². The molecular formula is C11H22N2O2. The maximum absolute atomic E-state index is 11.4. The molecule has 1 aliphatic heterocycles. The van der Waals surface area contributed by atoms with E-state index in [1.54, 1.807) is 19.0 Å². The molecule has 0 aliphatic carbocycles. The molecular weight excluding hydrogens is 192 g/mol. The molecule has 2 unspecified atom stereocenters. The zero-order chi connectivity index (χ0) is 11.4. The highest BCUT2D eigenvalue weighted by Crippen LogP contribution is 2.23. The summed E-state index contributed by atoms with van der Waals surface area (Å²) >= 11 is 0. The zero-order valence-corrected chi connectivity index (χ0v) is 9.94. The van der Waals surface area contributed by atoms with E-state index in [2.05, 4.69) is 11.8 Å². The van der Waals surface area contributed by atoms with Crippen molar-refractivity contribution in [2.24, 2.45) is 5.92 Å². The van der Waals surface area contributed by atoms with Crippen molar-refractivity contribution in [1.29, 1.82) is 0 Å². The number of likely N-dealkylation sites (tertiary alicyclic amines) is 1. The lowest BCUT2D eigenvalue weighted by Crippen LogP contribution is -2.37. The number of aliphatic hydroxyl groups excluding tert-OH is 1. The molecule has 0 aromatic heterocycles. The summed E-state index contributed by atoms with van der Waals surface area (Å²) < 4.78 is 0. The Labute approximate surface area is 91.9 Å². The van der Waals surface area contributed by atoms with Gasteiger partial charge in [0.25, 0.3) is 0 Å². The number of nitrogens with zero attached hydrogens (tertiary/aromatic N) is 2. The molecule has 0 aromatic carbocycles. The van der Waals surface area contributed by atoms with Crippen LogP contribution in [0.25, 0.3) is 0 Å². The Morgan fingerprint density at radius 2 is 2.20 bits per heavy atom. The number of rotatable bonds is 4. The van der Waals surface area contributed by atoms with Gasteiger partial charge in [-0.2, -0.15) is 0 Å². The van der Waals surface area contributed by atoms with Gasteiger partial charge in [0.1, 0.15) is 0 Å². The third-order valence-corrected chi connectivity index (χ3v) is 3.30. The minimum absolute atomic E-state index is 0.159. The van der Waals surface area contributed by atoms with E-state index in [-0.39, 0.29) is 18.6 Å². The summed E-state index contributed by atoms with van der Waals surface area (Å²) in [6.07, 6.45) is 1.68. The minimum Gasteiger partial charge on any atom is -0.395 e. The van der Waals surface area contributed by atoms with Gasteiger partial charge < -0.3 is 10.0 Å². The number of aliphatic hydroxyl groups is 1. The van der Waals surface area contributed by atoms with Crippen LogP contribution in [-0.2, 0) is 4.79 Å². The van der Waals surface area contributed by atoms with Gasteiger partial charge in [-0.15, -0.1) is 0 Å². The number of carbonyl (C=O) groups excluding carboxylic acids is 1. The number of amides is 1. The van der Waals surface area contributed by atoms with Gasteiger partial charge >= 0.3 is 0 Å². The topological polar surface area (TPSA) is 43.8 Å². The molecule has 0 radical (unpaired) electrons. The van der Waals surface area contributed by atoms with Crippen LogP contribution >= 0.6 is 0 Å². The van der Waals surface area contributed by atoms with Crippen molar-refractivity contribution in [3.05, 3.63) is 0 Å². The molecule has 0 saturated carbocycles. The number of hydrogen-bond acceptors (Lipinski definition) is 3. The van der Waals surface area contributed by atoms with Gasteiger partial charge in [-0.25, -0.2) is 0 Å². The maximum atomic E-state index is 11.4. The summed E-state index contributed by atoms with van der Waals surface area (Å²) in [5.74, 6) is 0.704. The molecule has 4 nitrogen and oxygen atoms in total. The lowest BCUT2D eigenvalue weighted by Gasteiger charge is -2.25. The van der Waals surface area contributed by atoms with E-state index in [1.165, 1.54) is 0 Å². The van der Waals surface area contributed by atoms with Crippen LogP contribution in [0, 0.1) is 5.92 Å². The van der Waals surface area contributed by atoms with E-state index in [0.29, 0.717) is 12.3 Å². The molecule has 15 heavy (non-hydrogen) atoms. The molecule has 0 spiro atoms. The van der Waals surface area contributed by atoms with E-state index in [4.69, 9.17) is 0 Å². The summed E-state index contributed by atoms with van der Waals surface area (Å²) in [5.41, 5.74) is 0. The minimum atomic E-state index is 0.159. The normalized spacial score (nSPS) is 26.9. The van der Waals surface area contributed by atoms with Crippen molar-refractivity contribution in [2.45, 2.75) is 25.8 Å². The molecule has 88 valence electrons. The van der Waals surface area contributed by atoms with Crippen molar-refractivity contribution >= 4 is 5.91 Å². The summed E-state index contributed by atoms with van der Waals surface area (Å²) in [7, 11) is 3.55. The predicted molar refractivity (Wildman–Crippen MR) is 59.5 cm³/mol. The van der Waals surface area contributed by atoms with Crippen LogP contribution in [0.4, 0.5) is 0 Å². The van der Waals surface area contributed by atoms with Crippen LogP contribution in [-0.4, -0.2) is 60.6 Å². The Bertz CT molecular complexity index is 219. The molecule has 0 bridgehead atoms.